The highest BCUT2D eigenvalue weighted by Crippen LogP contribution is 2.44. The second-order valence-electron chi connectivity index (χ2n) is 5.62. The lowest BCUT2D eigenvalue weighted by Crippen LogP contribution is -2.34. The summed E-state index contributed by atoms with van der Waals surface area (Å²) in [7, 11) is 0. The molecule has 3 aromatic rings. The van der Waals surface area contributed by atoms with Crippen molar-refractivity contribution in [2.75, 3.05) is 0 Å². The SMILES string of the molecule is Fc1ccc(-n2nc(C(F)(F)C(F)(F)F)cc2-c2cc(Br)ccc2F)c(F)c1. The van der Waals surface area contributed by atoms with Gasteiger partial charge in [0.05, 0.1) is 5.69 Å². The number of halogens is 9. The Labute approximate surface area is 160 Å². The van der Waals surface area contributed by atoms with Crippen LogP contribution in [0.3, 0.4) is 0 Å². The van der Waals surface area contributed by atoms with Crippen molar-refractivity contribution in [3.05, 3.63) is 70.1 Å². The zero-order valence-corrected chi connectivity index (χ0v) is 14.9. The van der Waals surface area contributed by atoms with Crippen molar-refractivity contribution in [2.45, 2.75) is 12.1 Å². The molecule has 0 saturated carbocycles. The van der Waals surface area contributed by atoms with E-state index < -0.39 is 52.2 Å². The average Bonchev–Trinajstić information content (AvgIpc) is 3.01. The molecule has 0 unspecified atom stereocenters. The number of hydrogen-bond donors (Lipinski definition) is 0. The van der Waals surface area contributed by atoms with E-state index in [0.29, 0.717) is 16.8 Å². The fourth-order valence-corrected chi connectivity index (χ4v) is 2.76. The van der Waals surface area contributed by atoms with Gasteiger partial charge in [0, 0.05) is 16.1 Å². The topological polar surface area (TPSA) is 17.8 Å². The second-order valence-corrected chi connectivity index (χ2v) is 6.53. The Kier molecular flexibility index (Phi) is 4.98. The molecule has 2 nitrogen and oxygen atoms in total. The van der Waals surface area contributed by atoms with Gasteiger partial charge in [0.25, 0.3) is 0 Å². The maximum atomic E-state index is 14.2. The minimum Gasteiger partial charge on any atom is -0.230 e. The summed E-state index contributed by atoms with van der Waals surface area (Å²) in [5.74, 6) is -8.66. The Morgan fingerprint density at radius 1 is 0.821 bits per heavy atom. The van der Waals surface area contributed by atoms with Gasteiger partial charge in [-0.05, 0) is 36.4 Å². The van der Waals surface area contributed by atoms with Gasteiger partial charge in [-0.25, -0.2) is 17.9 Å². The van der Waals surface area contributed by atoms with Crippen LogP contribution in [0, 0.1) is 17.5 Å². The molecule has 1 heterocycles. The zero-order chi connectivity index (χ0) is 20.9. The molecule has 28 heavy (non-hydrogen) atoms. The van der Waals surface area contributed by atoms with Crippen LogP contribution in [0.15, 0.2) is 46.9 Å². The minimum atomic E-state index is -5.99. The average molecular weight is 471 g/mol. The first-order chi connectivity index (χ1) is 12.9. The highest BCUT2D eigenvalue weighted by atomic mass is 79.9. The van der Waals surface area contributed by atoms with E-state index in [1.54, 1.807) is 0 Å². The summed E-state index contributed by atoms with van der Waals surface area (Å²) in [6.45, 7) is 0. The number of hydrogen-bond acceptors (Lipinski definition) is 1. The summed E-state index contributed by atoms with van der Waals surface area (Å²) in [5, 5.41) is 3.16. The van der Waals surface area contributed by atoms with Gasteiger partial charge in [-0.3, -0.25) is 0 Å². The molecule has 0 radical (unpaired) electrons. The summed E-state index contributed by atoms with van der Waals surface area (Å²) in [6, 6.07) is 5.53. The number of benzene rings is 2. The Bertz CT molecular complexity index is 1040. The van der Waals surface area contributed by atoms with Gasteiger partial charge < -0.3 is 0 Å². The van der Waals surface area contributed by atoms with E-state index in [9.17, 15) is 35.1 Å². The molecular formula is C17H7BrF8N2. The summed E-state index contributed by atoms with van der Waals surface area (Å²) < 4.78 is 108. The van der Waals surface area contributed by atoms with Crippen molar-refractivity contribution in [1.29, 1.82) is 0 Å². The van der Waals surface area contributed by atoms with Gasteiger partial charge in [0.15, 0.2) is 5.82 Å². The lowest BCUT2D eigenvalue weighted by atomic mass is 10.1. The van der Waals surface area contributed by atoms with E-state index in [2.05, 4.69) is 21.0 Å². The monoisotopic (exact) mass is 470 g/mol. The third kappa shape index (κ3) is 3.50. The van der Waals surface area contributed by atoms with Crippen molar-refractivity contribution >= 4 is 15.9 Å². The summed E-state index contributed by atoms with van der Waals surface area (Å²) >= 11 is 3.03. The molecule has 0 N–H and O–H groups in total. The van der Waals surface area contributed by atoms with Gasteiger partial charge in [0.2, 0.25) is 0 Å². The highest BCUT2D eigenvalue weighted by molar-refractivity contribution is 9.10. The molecule has 0 aliphatic rings. The molecule has 3 rings (SSSR count). The Balaban J connectivity index is 2.32. The van der Waals surface area contributed by atoms with Gasteiger partial charge in [-0.15, -0.1) is 0 Å². The largest absolute Gasteiger partial charge is 0.459 e. The van der Waals surface area contributed by atoms with Gasteiger partial charge in [0.1, 0.15) is 23.0 Å². The Hall–Kier alpha value is -2.43. The van der Waals surface area contributed by atoms with E-state index in [0.717, 1.165) is 24.3 Å². The van der Waals surface area contributed by atoms with Crippen molar-refractivity contribution in [1.82, 2.24) is 9.78 Å². The summed E-state index contributed by atoms with van der Waals surface area (Å²) in [6.07, 6.45) is -5.99. The number of aromatic nitrogens is 2. The van der Waals surface area contributed by atoms with E-state index in [1.807, 2.05) is 0 Å². The predicted molar refractivity (Wildman–Crippen MR) is 86.5 cm³/mol. The van der Waals surface area contributed by atoms with Crippen molar-refractivity contribution in [2.24, 2.45) is 0 Å². The van der Waals surface area contributed by atoms with Crippen molar-refractivity contribution in [3.8, 4) is 16.9 Å². The van der Waals surface area contributed by atoms with Gasteiger partial charge in [-0.1, -0.05) is 15.9 Å². The molecule has 0 saturated heterocycles. The first-order valence-corrected chi connectivity index (χ1v) is 8.17. The van der Waals surface area contributed by atoms with E-state index in [-0.39, 0.29) is 4.47 Å². The maximum Gasteiger partial charge on any atom is 0.459 e. The van der Waals surface area contributed by atoms with Gasteiger partial charge >= 0.3 is 12.1 Å². The predicted octanol–water partition coefficient (Wildman–Crippen LogP) is 6.37. The van der Waals surface area contributed by atoms with Crippen LogP contribution in [0.1, 0.15) is 5.69 Å². The summed E-state index contributed by atoms with van der Waals surface area (Å²) in [4.78, 5) is 0. The maximum absolute atomic E-state index is 14.2. The third-order valence-corrected chi connectivity index (χ3v) is 4.22. The Morgan fingerprint density at radius 2 is 1.50 bits per heavy atom. The molecule has 0 aliphatic carbocycles. The third-order valence-electron chi connectivity index (χ3n) is 3.73. The molecule has 148 valence electrons. The molecule has 0 bridgehead atoms. The van der Waals surface area contributed by atoms with Crippen LogP contribution in [0.4, 0.5) is 35.1 Å². The number of alkyl halides is 5. The number of rotatable bonds is 3. The summed E-state index contributed by atoms with van der Waals surface area (Å²) in [5.41, 5.74) is -3.41. The first kappa shape index (κ1) is 20.3. The first-order valence-electron chi connectivity index (χ1n) is 7.38. The second kappa shape index (κ2) is 6.87. The minimum absolute atomic E-state index is 0.278. The molecule has 0 spiro atoms. The lowest BCUT2D eigenvalue weighted by Gasteiger charge is -2.16. The van der Waals surface area contributed by atoms with Crippen molar-refractivity contribution < 1.29 is 35.1 Å². The zero-order valence-electron chi connectivity index (χ0n) is 13.3. The fraction of sp³-hybridized carbons (Fsp3) is 0.118. The van der Waals surface area contributed by atoms with Crippen molar-refractivity contribution in [3.63, 3.8) is 0 Å². The normalized spacial score (nSPS) is 12.5. The molecular weight excluding hydrogens is 464 g/mol. The van der Waals surface area contributed by atoms with Crippen LogP contribution < -0.4 is 0 Å². The molecule has 0 amide bonds. The quantitative estimate of drug-likeness (QED) is 0.406. The molecule has 0 aliphatic heterocycles. The smallest absolute Gasteiger partial charge is 0.230 e. The van der Waals surface area contributed by atoms with Crippen LogP contribution in [0.5, 0.6) is 0 Å². The van der Waals surface area contributed by atoms with E-state index in [4.69, 9.17) is 0 Å². The van der Waals surface area contributed by atoms with E-state index in [1.165, 1.54) is 6.07 Å². The molecule has 2 aromatic carbocycles. The molecule has 11 heteroatoms. The van der Waals surface area contributed by atoms with Gasteiger partial charge in [-0.2, -0.15) is 27.1 Å². The van der Waals surface area contributed by atoms with E-state index >= 15 is 0 Å². The Morgan fingerprint density at radius 3 is 2.11 bits per heavy atom. The molecule has 1 aromatic heterocycles. The van der Waals surface area contributed by atoms with Crippen LogP contribution in [0.25, 0.3) is 16.9 Å². The molecule has 0 fully saturated rings. The van der Waals surface area contributed by atoms with Crippen LogP contribution >= 0.6 is 15.9 Å². The highest BCUT2D eigenvalue weighted by Gasteiger charge is 2.60. The van der Waals surface area contributed by atoms with Crippen LogP contribution in [0.2, 0.25) is 0 Å². The lowest BCUT2D eigenvalue weighted by molar-refractivity contribution is -0.291. The molecule has 0 atom stereocenters. The number of nitrogens with zero attached hydrogens (tertiary/aromatic N) is 2. The fourth-order valence-electron chi connectivity index (χ4n) is 2.40. The standard InChI is InChI=1S/C17H7BrF8N2/c18-8-1-3-11(20)10(5-8)14-7-15(16(22,23)17(24,25)26)27-28(14)13-4-2-9(19)6-12(13)21/h1-7H. The van der Waals surface area contributed by atoms with Crippen LogP contribution in [-0.4, -0.2) is 16.0 Å². The van der Waals surface area contributed by atoms with Crippen LogP contribution in [-0.2, 0) is 5.92 Å².